The Morgan fingerprint density at radius 3 is 1.57 bits per heavy atom. The van der Waals surface area contributed by atoms with Crippen molar-refractivity contribution in [1.29, 1.82) is 0 Å². The number of aryl methyl sites for hydroxylation is 2. The van der Waals surface area contributed by atoms with Crippen LogP contribution in [-0.4, -0.2) is 10.2 Å². The van der Waals surface area contributed by atoms with E-state index in [0.29, 0.717) is 0 Å². The summed E-state index contributed by atoms with van der Waals surface area (Å²) in [6.45, 7) is 2.92. The summed E-state index contributed by atoms with van der Waals surface area (Å²) >= 11 is 0. The van der Waals surface area contributed by atoms with Gasteiger partial charge in [-0.15, -0.1) is 0 Å². The van der Waals surface area contributed by atoms with Gasteiger partial charge in [0.2, 0.25) is 0 Å². The van der Waals surface area contributed by atoms with Gasteiger partial charge in [0.1, 0.15) is 11.5 Å². The van der Waals surface area contributed by atoms with Crippen molar-refractivity contribution < 1.29 is 32.2 Å². The van der Waals surface area contributed by atoms with Crippen LogP contribution in [0.2, 0.25) is 0 Å². The summed E-state index contributed by atoms with van der Waals surface area (Å²) in [6.07, 6.45) is 0. The van der Waals surface area contributed by atoms with Gasteiger partial charge in [0.05, 0.1) is 0 Å². The van der Waals surface area contributed by atoms with Crippen LogP contribution < -0.4 is 0 Å². The Hall–Kier alpha value is -3.09. The van der Waals surface area contributed by atoms with E-state index in [1.807, 2.05) is 0 Å². The van der Waals surface area contributed by atoms with E-state index < -0.39 is 34.5 Å². The Labute approximate surface area is 157 Å². The number of benzene rings is 3. The normalized spacial score (nSPS) is 11.7. The van der Waals surface area contributed by atoms with Gasteiger partial charge in [0.25, 0.3) is 0 Å². The molecule has 0 spiro atoms. The van der Waals surface area contributed by atoms with Gasteiger partial charge in [-0.2, -0.15) is 0 Å². The Morgan fingerprint density at radius 1 is 0.679 bits per heavy atom. The summed E-state index contributed by atoms with van der Waals surface area (Å²) in [7, 11) is 0. The minimum Gasteiger partial charge on any atom is -0.508 e. The molecule has 0 heterocycles. The second-order valence-electron chi connectivity index (χ2n) is 6.51. The Balaban J connectivity index is 2.41. The molecule has 0 saturated heterocycles. The number of halogens is 5. The summed E-state index contributed by atoms with van der Waals surface area (Å²) in [5, 5.41) is 19.4. The third kappa shape index (κ3) is 2.96. The lowest BCUT2D eigenvalue weighted by Crippen LogP contribution is -2.26. The number of phenolic OH excluding ortho intramolecular Hbond substituents is 2. The highest BCUT2D eigenvalue weighted by Gasteiger charge is 2.41. The van der Waals surface area contributed by atoms with Crippen LogP contribution in [0.15, 0.2) is 42.5 Å². The zero-order valence-electron chi connectivity index (χ0n) is 14.8. The van der Waals surface area contributed by atoms with Gasteiger partial charge in [0, 0.05) is 5.56 Å². The molecular formula is C21H15F5O2. The van der Waals surface area contributed by atoms with Crippen molar-refractivity contribution >= 4 is 0 Å². The molecule has 0 aliphatic carbocycles. The largest absolute Gasteiger partial charge is 0.508 e. The zero-order valence-corrected chi connectivity index (χ0v) is 14.8. The van der Waals surface area contributed by atoms with Gasteiger partial charge in [-0.05, 0) is 66.4 Å². The highest BCUT2D eigenvalue weighted by Crippen LogP contribution is 2.44. The van der Waals surface area contributed by atoms with Gasteiger partial charge < -0.3 is 10.2 Å². The highest BCUT2D eigenvalue weighted by molar-refractivity contribution is 5.52. The lowest BCUT2D eigenvalue weighted by Gasteiger charge is -2.29. The van der Waals surface area contributed by atoms with Crippen molar-refractivity contribution in [1.82, 2.24) is 0 Å². The van der Waals surface area contributed by atoms with Crippen LogP contribution >= 0.6 is 0 Å². The SMILES string of the molecule is Cc1cc(C(F)(c2ccc(O)c(C)c2)c2cc(F)c(F)c(F)c2F)ccc1O. The predicted octanol–water partition coefficient (Wildman–Crippen LogP) is 5.53. The van der Waals surface area contributed by atoms with Crippen LogP contribution in [0.4, 0.5) is 22.0 Å². The average molecular weight is 394 g/mol. The van der Waals surface area contributed by atoms with Gasteiger partial charge in [0.15, 0.2) is 28.9 Å². The maximum Gasteiger partial charge on any atom is 0.197 e. The molecule has 0 aliphatic rings. The summed E-state index contributed by atoms with van der Waals surface area (Å²) in [6, 6.07) is 7.21. The predicted molar refractivity (Wildman–Crippen MR) is 93.0 cm³/mol. The van der Waals surface area contributed by atoms with Crippen molar-refractivity contribution in [2.24, 2.45) is 0 Å². The van der Waals surface area contributed by atoms with E-state index >= 15 is 4.39 Å². The Kier molecular flexibility index (Phi) is 4.79. The fraction of sp³-hybridized carbons (Fsp3) is 0.143. The lowest BCUT2D eigenvalue weighted by atomic mass is 9.80. The minimum absolute atomic E-state index is 0.162. The molecule has 146 valence electrons. The van der Waals surface area contributed by atoms with Crippen molar-refractivity contribution in [3.63, 3.8) is 0 Å². The van der Waals surface area contributed by atoms with Crippen LogP contribution in [-0.2, 0) is 5.67 Å². The molecule has 0 aromatic heterocycles. The molecule has 3 aromatic rings. The maximum absolute atomic E-state index is 16.5. The molecule has 7 heteroatoms. The summed E-state index contributed by atoms with van der Waals surface area (Å²) in [5.74, 6) is -8.13. The monoisotopic (exact) mass is 394 g/mol. The number of aromatic hydroxyl groups is 2. The fourth-order valence-electron chi connectivity index (χ4n) is 3.04. The van der Waals surface area contributed by atoms with E-state index in [1.165, 1.54) is 26.0 Å². The van der Waals surface area contributed by atoms with Crippen molar-refractivity contribution in [2.45, 2.75) is 19.5 Å². The molecule has 2 N–H and O–H groups in total. The molecule has 0 radical (unpaired) electrons. The van der Waals surface area contributed by atoms with Crippen molar-refractivity contribution in [3.8, 4) is 11.5 Å². The molecule has 0 amide bonds. The van der Waals surface area contributed by atoms with Crippen LogP contribution in [0.25, 0.3) is 0 Å². The lowest BCUT2D eigenvalue weighted by molar-refractivity contribution is 0.263. The molecule has 0 fully saturated rings. The first-order valence-electron chi connectivity index (χ1n) is 8.20. The van der Waals surface area contributed by atoms with E-state index in [9.17, 15) is 27.8 Å². The first-order chi connectivity index (χ1) is 13.1. The van der Waals surface area contributed by atoms with Crippen LogP contribution in [0.3, 0.4) is 0 Å². The summed E-state index contributed by atoms with van der Waals surface area (Å²) in [4.78, 5) is 0. The van der Waals surface area contributed by atoms with Crippen molar-refractivity contribution in [2.75, 3.05) is 0 Å². The average Bonchev–Trinajstić information content (AvgIpc) is 2.66. The number of hydrogen-bond acceptors (Lipinski definition) is 2. The second-order valence-corrected chi connectivity index (χ2v) is 6.51. The van der Waals surface area contributed by atoms with Gasteiger partial charge in [-0.1, -0.05) is 12.1 Å². The molecule has 3 rings (SSSR count). The Morgan fingerprint density at radius 2 is 1.14 bits per heavy atom. The van der Waals surface area contributed by atoms with Crippen molar-refractivity contribution in [3.05, 3.63) is 93.6 Å². The van der Waals surface area contributed by atoms with Gasteiger partial charge in [-0.25, -0.2) is 22.0 Å². The topological polar surface area (TPSA) is 40.5 Å². The third-order valence-electron chi connectivity index (χ3n) is 4.66. The van der Waals surface area contributed by atoms with Crippen LogP contribution in [0.1, 0.15) is 27.8 Å². The Bertz CT molecular complexity index is 1030. The number of alkyl halides is 1. The second kappa shape index (κ2) is 6.82. The van der Waals surface area contributed by atoms with Gasteiger partial charge in [-0.3, -0.25) is 0 Å². The quantitative estimate of drug-likeness (QED) is 0.265. The molecule has 2 nitrogen and oxygen atoms in total. The smallest absolute Gasteiger partial charge is 0.197 e. The zero-order chi connectivity index (χ0) is 20.8. The maximum atomic E-state index is 16.5. The van der Waals surface area contributed by atoms with Crippen LogP contribution in [0.5, 0.6) is 11.5 Å². The van der Waals surface area contributed by atoms with E-state index in [0.717, 1.165) is 24.3 Å². The molecule has 0 unspecified atom stereocenters. The van der Waals surface area contributed by atoms with E-state index in [1.54, 1.807) is 0 Å². The highest BCUT2D eigenvalue weighted by atomic mass is 19.2. The molecule has 28 heavy (non-hydrogen) atoms. The third-order valence-corrected chi connectivity index (χ3v) is 4.66. The fourth-order valence-corrected chi connectivity index (χ4v) is 3.04. The van der Waals surface area contributed by atoms with Crippen LogP contribution in [0, 0.1) is 37.1 Å². The molecule has 0 aliphatic heterocycles. The summed E-state index contributed by atoms with van der Waals surface area (Å²) in [5.41, 5.74) is -4.01. The molecule has 0 atom stereocenters. The first kappa shape index (κ1) is 19.7. The van der Waals surface area contributed by atoms with E-state index in [4.69, 9.17) is 0 Å². The first-order valence-corrected chi connectivity index (χ1v) is 8.20. The summed E-state index contributed by atoms with van der Waals surface area (Å²) < 4.78 is 72.2. The molecule has 3 aromatic carbocycles. The van der Waals surface area contributed by atoms with E-state index in [-0.39, 0.29) is 39.8 Å². The van der Waals surface area contributed by atoms with Gasteiger partial charge >= 0.3 is 0 Å². The molecule has 0 saturated carbocycles. The molecule has 0 bridgehead atoms. The minimum atomic E-state index is -2.93. The number of rotatable bonds is 3. The number of phenols is 2. The number of hydrogen-bond donors (Lipinski definition) is 2. The standard InChI is InChI=1S/C21H15F5O2/c1-10-7-12(3-5-16(10)27)21(26,13-4-6-17(28)11(2)8-13)14-9-15(22)19(24)20(25)18(14)23/h3-9,27-28H,1-2H3. The molecular weight excluding hydrogens is 379 g/mol. The van der Waals surface area contributed by atoms with E-state index in [2.05, 4.69) is 0 Å².